The average molecular weight is 214 g/mol. The summed E-state index contributed by atoms with van der Waals surface area (Å²) in [5.74, 6) is -0.692. The number of nitrogens with zero attached hydrogens (tertiary/aromatic N) is 1. The molecule has 1 aliphatic rings. The standard InChI is InChI=1S/C10H9ClFNO/c11-6-9(14)13-5-4-7-2-1-3-8(12)10(7)13/h1-3H,4-6H2. The number of anilines is 1. The second-order valence-corrected chi connectivity index (χ2v) is 3.44. The van der Waals surface area contributed by atoms with Crippen LogP contribution in [0.2, 0.25) is 0 Å². The van der Waals surface area contributed by atoms with Gasteiger partial charge in [0.1, 0.15) is 11.7 Å². The molecule has 0 atom stereocenters. The molecule has 0 saturated heterocycles. The number of fused-ring (bicyclic) bond motifs is 1. The Morgan fingerprint density at radius 1 is 1.57 bits per heavy atom. The van der Waals surface area contributed by atoms with Crippen molar-refractivity contribution in [3.05, 3.63) is 29.6 Å². The molecular weight excluding hydrogens is 205 g/mol. The van der Waals surface area contributed by atoms with Crippen LogP contribution in [-0.2, 0) is 11.2 Å². The van der Waals surface area contributed by atoms with E-state index < -0.39 is 0 Å². The highest BCUT2D eigenvalue weighted by molar-refractivity contribution is 6.29. The molecule has 0 spiro atoms. The number of benzene rings is 1. The van der Waals surface area contributed by atoms with Crippen LogP contribution < -0.4 is 4.90 Å². The van der Waals surface area contributed by atoms with Gasteiger partial charge in [0, 0.05) is 6.54 Å². The molecule has 2 rings (SSSR count). The number of hydrogen-bond acceptors (Lipinski definition) is 1. The maximum absolute atomic E-state index is 13.4. The lowest BCUT2D eigenvalue weighted by molar-refractivity contribution is -0.116. The van der Waals surface area contributed by atoms with Gasteiger partial charge in [-0.2, -0.15) is 0 Å². The Morgan fingerprint density at radius 2 is 2.36 bits per heavy atom. The lowest BCUT2D eigenvalue weighted by atomic mass is 10.1. The van der Waals surface area contributed by atoms with E-state index in [4.69, 9.17) is 11.6 Å². The van der Waals surface area contributed by atoms with Crippen molar-refractivity contribution in [3.63, 3.8) is 0 Å². The Balaban J connectivity index is 2.43. The molecule has 0 N–H and O–H groups in total. The van der Waals surface area contributed by atoms with Crippen molar-refractivity contribution in [2.45, 2.75) is 6.42 Å². The van der Waals surface area contributed by atoms with Gasteiger partial charge < -0.3 is 4.90 Å². The Kier molecular flexibility index (Phi) is 2.42. The summed E-state index contributed by atoms with van der Waals surface area (Å²) in [7, 11) is 0. The van der Waals surface area contributed by atoms with Crippen LogP contribution in [0, 0.1) is 5.82 Å². The van der Waals surface area contributed by atoms with Crippen LogP contribution in [0.15, 0.2) is 18.2 Å². The molecule has 74 valence electrons. The molecule has 1 heterocycles. The van der Waals surface area contributed by atoms with Crippen LogP contribution in [0.3, 0.4) is 0 Å². The van der Waals surface area contributed by atoms with Crippen LogP contribution in [-0.4, -0.2) is 18.3 Å². The van der Waals surface area contributed by atoms with Crippen LogP contribution in [0.1, 0.15) is 5.56 Å². The third-order valence-corrected chi connectivity index (χ3v) is 2.59. The molecule has 2 nitrogen and oxygen atoms in total. The first-order valence-corrected chi connectivity index (χ1v) is 4.91. The number of hydrogen-bond donors (Lipinski definition) is 0. The van der Waals surface area contributed by atoms with Crippen LogP contribution in [0.5, 0.6) is 0 Å². The van der Waals surface area contributed by atoms with Crippen molar-refractivity contribution >= 4 is 23.2 Å². The molecule has 0 saturated carbocycles. The van der Waals surface area contributed by atoms with Gasteiger partial charge in [-0.05, 0) is 18.1 Å². The van der Waals surface area contributed by atoms with Gasteiger partial charge in [-0.1, -0.05) is 12.1 Å². The highest BCUT2D eigenvalue weighted by Crippen LogP contribution is 2.30. The zero-order chi connectivity index (χ0) is 10.1. The van der Waals surface area contributed by atoms with Crippen LogP contribution in [0.25, 0.3) is 0 Å². The number of carbonyl (C=O) groups excluding carboxylic acids is 1. The fraction of sp³-hybridized carbons (Fsp3) is 0.300. The average Bonchev–Trinajstić information content (AvgIpc) is 2.62. The van der Waals surface area contributed by atoms with E-state index in [2.05, 4.69) is 0 Å². The summed E-state index contributed by atoms with van der Waals surface area (Å²) in [5.41, 5.74) is 1.28. The zero-order valence-electron chi connectivity index (χ0n) is 7.46. The number of alkyl halides is 1. The Bertz CT molecular complexity index is 380. The summed E-state index contributed by atoms with van der Waals surface area (Å²) in [6.07, 6.45) is 0.704. The molecule has 0 aromatic heterocycles. The molecule has 0 fully saturated rings. The second kappa shape index (κ2) is 3.58. The Hall–Kier alpha value is -1.09. The van der Waals surface area contributed by atoms with Crippen molar-refractivity contribution in [1.82, 2.24) is 0 Å². The van der Waals surface area contributed by atoms with E-state index in [-0.39, 0.29) is 17.6 Å². The predicted octanol–water partition coefficient (Wildman–Crippen LogP) is 1.95. The van der Waals surface area contributed by atoms with Crippen molar-refractivity contribution in [1.29, 1.82) is 0 Å². The molecule has 0 bridgehead atoms. The highest BCUT2D eigenvalue weighted by atomic mass is 35.5. The quantitative estimate of drug-likeness (QED) is 0.653. The number of rotatable bonds is 1. The van der Waals surface area contributed by atoms with Crippen molar-refractivity contribution in [3.8, 4) is 0 Å². The van der Waals surface area contributed by atoms with Gasteiger partial charge in [0.2, 0.25) is 5.91 Å². The second-order valence-electron chi connectivity index (χ2n) is 3.18. The van der Waals surface area contributed by atoms with E-state index >= 15 is 0 Å². The molecule has 14 heavy (non-hydrogen) atoms. The first-order chi connectivity index (χ1) is 6.74. The van der Waals surface area contributed by atoms with E-state index in [9.17, 15) is 9.18 Å². The van der Waals surface area contributed by atoms with E-state index in [0.717, 1.165) is 5.56 Å². The monoisotopic (exact) mass is 213 g/mol. The van der Waals surface area contributed by atoms with Gasteiger partial charge in [0.15, 0.2) is 0 Å². The maximum atomic E-state index is 13.4. The van der Waals surface area contributed by atoms with Crippen molar-refractivity contribution in [2.24, 2.45) is 0 Å². The van der Waals surface area contributed by atoms with E-state index in [0.29, 0.717) is 18.7 Å². The van der Waals surface area contributed by atoms with Crippen LogP contribution >= 0.6 is 11.6 Å². The summed E-state index contributed by atoms with van der Waals surface area (Å²) in [5, 5.41) is 0. The molecule has 1 amide bonds. The van der Waals surface area contributed by atoms with Crippen LogP contribution in [0.4, 0.5) is 10.1 Å². The predicted molar refractivity (Wildman–Crippen MR) is 53.2 cm³/mol. The molecule has 1 aliphatic heterocycles. The summed E-state index contributed by atoms with van der Waals surface area (Å²) in [6.45, 7) is 0.530. The minimum Gasteiger partial charge on any atom is -0.308 e. The van der Waals surface area contributed by atoms with Gasteiger partial charge in [0.05, 0.1) is 5.69 Å². The highest BCUT2D eigenvalue weighted by Gasteiger charge is 2.26. The minimum absolute atomic E-state index is 0.103. The molecule has 1 aromatic rings. The number of halogens is 2. The summed E-state index contributed by atoms with van der Waals surface area (Å²) >= 11 is 5.44. The number of para-hydroxylation sites is 1. The Labute approximate surface area is 86.3 Å². The zero-order valence-corrected chi connectivity index (χ0v) is 8.22. The van der Waals surface area contributed by atoms with Gasteiger partial charge in [-0.3, -0.25) is 4.79 Å². The summed E-state index contributed by atoms with van der Waals surface area (Å²) < 4.78 is 13.4. The number of carbonyl (C=O) groups is 1. The summed E-state index contributed by atoms with van der Waals surface area (Å²) in [4.78, 5) is 12.8. The SMILES string of the molecule is O=C(CCl)N1CCc2cccc(F)c21. The van der Waals surface area contributed by atoms with Crippen molar-refractivity contribution < 1.29 is 9.18 Å². The van der Waals surface area contributed by atoms with Crippen molar-refractivity contribution in [2.75, 3.05) is 17.3 Å². The number of amides is 1. The molecular formula is C10H9ClFNO. The molecule has 0 unspecified atom stereocenters. The third-order valence-electron chi connectivity index (χ3n) is 2.36. The Morgan fingerprint density at radius 3 is 3.07 bits per heavy atom. The fourth-order valence-electron chi connectivity index (χ4n) is 1.73. The van der Waals surface area contributed by atoms with E-state index in [1.165, 1.54) is 11.0 Å². The first-order valence-electron chi connectivity index (χ1n) is 4.37. The largest absolute Gasteiger partial charge is 0.308 e. The topological polar surface area (TPSA) is 20.3 Å². The maximum Gasteiger partial charge on any atom is 0.242 e. The van der Waals surface area contributed by atoms with Gasteiger partial charge in [-0.15, -0.1) is 11.6 Å². The molecule has 0 radical (unpaired) electrons. The third kappa shape index (κ3) is 1.38. The van der Waals surface area contributed by atoms with Gasteiger partial charge >= 0.3 is 0 Å². The molecule has 0 aliphatic carbocycles. The van der Waals surface area contributed by atoms with E-state index in [1.54, 1.807) is 6.07 Å². The van der Waals surface area contributed by atoms with Gasteiger partial charge in [0.25, 0.3) is 0 Å². The molecule has 4 heteroatoms. The van der Waals surface area contributed by atoms with E-state index in [1.807, 2.05) is 6.07 Å². The first kappa shape index (κ1) is 9.46. The van der Waals surface area contributed by atoms with Gasteiger partial charge in [-0.25, -0.2) is 4.39 Å². The normalized spacial score (nSPS) is 14.3. The smallest absolute Gasteiger partial charge is 0.242 e. The summed E-state index contributed by atoms with van der Waals surface area (Å²) in [6, 6.07) is 4.85. The minimum atomic E-state index is -0.349. The fourth-order valence-corrected chi connectivity index (χ4v) is 1.87. The lowest BCUT2D eigenvalue weighted by Gasteiger charge is -2.15. The lowest BCUT2D eigenvalue weighted by Crippen LogP contribution is -2.30. The molecule has 1 aromatic carbocycles.